The van der Waals surface area contributed by atoms with E-state index in [0.29, 0.717) is 16.8 Å². The van der Waals surface area contributed by atoms with Crippen molar-refractivity contribution in [1.29, 1.82) is 5.26 Å². The predicted octanol–water partition coefficient (Wildman–Crippen LogP) is 6.38. The van der Waals surface area contributed by atoms with Crippen LogP contribution in [0.5, 0.6) is 5.75 Å². The summed E-state index contributed by atoms with van der Waals surface area (Å²) in [6.45, 7) is 9.16. The molecule has 178 valence electrons. The van der Waals surface area contributed by atoms with Crippen molar-refractivity contribution in [2.24, 2.45) is 0 Å². The van der Waals surface area contributed by atoms with Crippen molar-refractivity contribution in [3.8, 4) is 22.9 Å². The average Bonchev–Trinajstić information content (AvgIpc) is 2.97. The Morgan fingerprint density at radius 1 is 1.03 bits per heavy atom. The standard InChI is InChI=1S/C28H26FN3O2S/c1-17(2)34-23-11-7-19(8-12-23)20-9-13-25(24(29)15-20)32-27(35)31(26(33)28(32,4)5)22-10-6-21(16-30)18(3)14-22/h6-15,17H,1-5H3. The lowest BCUT2D eigenvalue weighted by molar-refractivity contribution is -0.120. The van der Waals surface area contributed by atoms with Crippen LogP contribution in [0, 0.1) is 24.1 Å². The predicted molar refractivity (Wildman–Crippen MR) is 140 cm³/mol. The molecule has 35 heavy (non-hydrogen) atoms. The van der Waals surface area contributed by atoms with Gasteiger partial charge >= 0.3 is 0 Å². The Bertz CT molecular complexity index is 1360. The number of amides is 1. The first-order valence-electron chi connectivity index (χ1n) is 11.3. The Labute approximate surface area is 210 Å². The molecule has 0 unspecified atom stereocenters. The number of ether oxygens (including phenoxy) is 1. The Kier molecular flexibility index (Phi) is 6.35. The van der Waals surface area contributed by atoms with Gasteiger partial charge in [0.1, 0.15) is 17.1 Å². The molecule has 0 bridgehead atoms. The summed E-state index contributed by atoms with van der Waals surface area (Å²) in [7, 11) is 0. The average molecular weight is 488 g/mol. The maximum Gasteiger partial charge on any atom is 0.259 e. The van der Waals surface area contributed by atoms with Crippen LogP contribution in [-0.2, 0) is 4.79 Å². The molecule has 4 rings (SSSR count). The van der Waals surface area contributed by atoms with Crippen molar-refractivity contribution in [2.45, 2.75) is 46.3 Å². The Hall–Kier alpha value is -3.76. The molecular weight excluding hydrogens is 461 g/mol. The Morgan fingerprint density at radius 3 is 2.26 bits per heavy atom. The second-order valence-electron chi connectivity index (χ2n) is 9.29. The minimum absolute atomic E-state index is 0.0701. The maximum atomic E-state index is 15.5. The molecule has 3 aromatic rings. The zero-order chi connectivity index (χ0) is 25.5. The van der Waals surface area contributed by atoms with E-state index in [1.165, 1.54) is 11.0 Å². The molecule has 0 N–H and O–H groups in total. The van der Waals surface area contributed by atoms with Crippen LogP contribution in [-0.4, -0.2) is 22.7 Å². The van der Waals surface area contributed by atoms with Gasteiger partial charge in [-0.15, -0.1) is 0 Å². The second-order valence-corrected chi connectivity index (χ2v) is 9.65. The van der Waals surface area contributed by atoms with E-state index in [0.717, 1.165) is 16.9 Å². The van der Waals surface area contributed by atoms with Crippen LogP contribution in [0.2, 0.25) is 0 Å². The van der Waals surface area contributed by atoms with Crippen molar-refractivity contribution in [1.82, 2.24) is 0 Å². The van der Waals surface area contributed by atoms with E-state index in [2.05, 4.69) is 6.07 Å². The number of nitriles is 1. The molecule has 0 aromatic heterocycles. The summed E-state index contributed by atoms with van der Waals surface area (Å²) < 4.78 is 21.2. The SMILES string of the molecule is Cc1cc(N2C(=O)C(C)(C)N(c3ccc(-c4ccc(OC(C)C)cc4)cc3F)C2=S)ccc1C#N. The van der Waals surface area contributed by atoms with Crippen LogP contribution in [0.25, 0.3) is 11.1 Å². The molecule has 1 fully saturated rings. The molecule has 1 saturated heterocycles. The number of thiocarbonyl (C=S) groups is 1. The fourth-order valence-electron chi connectivity index (χ4n) is 4.21. The number of benzene rings is 3. The monoisotopic (exact) mass is 487 g/mol. The number of aryl methyl sites for hydroxylation is 1. The van der Waals surface area contributed by atoms with E-state index in [1.807, 2.05) is 44.2 Å². The molecule has 1 aliphatic rings. The van der Waals surface area contributed by atoms with Crippen LogP contribution >= 0.6 is 12.2 Å². The summed E-state index contributed by atoms with van der Waals surface area (Å²) in [5.74, 6) is 0.00330. The van der Waals surface area contributed by atoms with E-state index in [-0.39, 0.29) is 22.8 Å². The largest absolute Gasteiger partial charge is 0.491 e. The lowest BCUT2D eigenvalue weighted by atomic mass is 10.0. The molecule has 0 spiro atoms. The first-order valence-corrected chi connectivity index (χ1v) is 11.7. The van der Waals surface area contributed by atoms with E-state index < -0.39 is 11.4 Å². The number of carbonyl (C=O) groups is 1. The van der Waals surface area contributed by atoms with E-state index in [1.54, 1.807) is 49.9 Å². The smallest absolute Gasteiger partial charge is 0.259 e. The fraction of sp³-hybridized carbons (Fsp3) is 0.250. The first kappa shape index (κ1) is 24.4. The third-order valence-corrected chi connectivity index (χ3v) is 6.37. The van der Waals surface area contributed by atoms with Gasteiger partial charge in [-0.2, -0.15) is 5.26 Å². The van der Waals surface area contributed by atoms with E-state index in [4.69, 9.17) is 17.0 Å². The third kappa shape index (κ3) is 4.38. The molecule has 1 aliphatic heterocycles. The van der Waals surface area contributed by atoms with Gasteiger partial charge in [-0.25, -0.2) is 4.39 Å². The summed E-state index contributed by atoms with van der Waals surface area (Å²) in [4.78, 5) is 16.4. The summed E-state index contributed by atoms with van der Waals surface area (Å²) in [6.07, 6.45) is 0.0701. The quantitative estimate of drug-likeness (QED) is 0.391. The zero-order valence-electron chi connectivity index (χ0n) is 20.3. The van der Waals surface area contributed by atoms with Crippen LogP contribution in [0.15, 0.2) is 60.7 Å². The van der Waals surface area contributed by atoms with Crippen LogP contribution in [0.3, 0.4) is 0 Å². The molecule has 3 aromatic carbocycles. The molecule has 5 nitrogen and oxygen atoms in total. The van der Waals surface area contributed by atoms with E-state index >= 15 is 4.39 Å². The fourth-order valence-corrected chi connectivity index (χ4v) is 4.72. The molecule has 0 radical (unpaired) electrons. The van der Waals surface area contributed by atoms with Crippen LogP contribution in [0.4, 0.5) is 15.8 Å². The van der Waals surface area contributed by atoms with Crippen molar-refractivity contribution in [2.75, 3.05) is 9.80 Å². The number of hydrogen-bond donors (Lipinski definition) is 0. The highest BCUT2D eigenvalue weighted by Crippen LogP contribution is 2.39. The van der Waals surface area contributed by atoms with Gasteiger partial charge in [-0.3, -0.25) is 9.69 Å². The van der Waals surface area contributed by atoms with Crippen molar-refractivity contribution in [3.63, 3.8) is 0 Å². The van der Waals surface area contributed by atoms with Gasteiger partial charge in [-0.1, -0.05) is 18.2 Å². The zero-order valence-corrected chi connectivity index (χ0v) is 21.1. The van der Waals surface area contributed by atoms with Gasteiger partial charge in [0.25, 0.3) is 5.91 Å². The van der Waals surface area contributed by atoms with Crippen molar-refractivity contribution in [3.05, 3.63) is 77.6 Å². The lowest BCUT2D eigenvalue weighted by Gasteiger charge is -2.30. The first-order chi connectivity index (χ1) is 16.5. The highest BCUT2D eigenvalue weighted by Gasteiger charge is 2.51. The van der Waals surface area contributed by atoms with Crippen LogP contribution in [0.1, 0.15) is 38.8 Å². The summed E-state index contributed by atoms with van der Waals surface area (Å²) in [5.41, 5.74) is 2.48. The van der Waals surface area contributed by atoms with Gasteiger partial charge in [0, 0.05) is 0 Å². The third-order valence-electron chi connectivity index (χ3n) is 6.00. The number of halogens is 1. The molecule has 1 heterocycles. The minimum Gasteiger partial charge on any atom is -0.491 e. The molecule has 0 aliphatic carbocycles. The van der Waals surface area contributed by atoms with Crippen LogP contribution < -0.4 is 14.5 Å². The maximum absolute atomic E-state index is 15.5. The normalized spacial score (nSPS) is 15.0. The van der Waals surface area contributed by atoms with Crippen molar-refractivity contribution >= 4 is 34.6 Å². The summed E-state index contributed by atoms with van der Waals surface area (Å²) >= 11 is 5.68. The molecule has 1 amide bonds. The number of carbonyl (C=O) groups excluding carboxylic acids is 1. The van der Waals surface area contributed by atoms with Gasteiger partial charge < -0.3 is 9.64 Å². The molecule has 7 heteroatoms. The highest BCUT2D eigenvalue weighted by molar-refractivity contribution is 7.81. The molecule has 0 atom stereocenters. The molecular formula is C28H26FN3O2S. The lowest BCUT2D eigenvalue weighted by Crippen LogP contribution is -2.44. The topological polar surface area (TPSA) is 56.6 Å². The highest BCUT2D eigenvalue weighted by atomic mass is 32.1. The Balaban J connectivity index is 1.67. The van der Waals surface area contributed by atoms with Gasteiger partial charge in [0.05, 0.1) is 29.1 Å². The molecule has 0 saturated carbocycles. The van der Waals surface area contributed by atoms with Gasteiger partial charge in [0.2, 0.25) is 0 Å². The number of anilines is 2. The summed E-state index contributed by atoms with van der Waals surface area (Å²) in [6, 6.07) is 19.6. The van der Waals surface area contributed by atoms with Gasteiger partial charge in [0.15, 0.2) is 5.11 Å². The number of nitrogens with zero attached hydrogens (tertiary/aromatic N) is 3. The summed E-state index contributed by atoms with van der Waals surface area (Å²) in [5, 5.41) is 9.41. The minimum atomic E-state index is -1.10. The number of hydrogen-bond acceptors (Lipinski definition) is 4. The van der Waals surface area contributed by atoms with Crippen molar-refractivity contribution < 1.29 is 13.9 Å². The van der Waals surface area contributed by atoms with E-state index in [9.17, 15) is 10.1 Å². The second kappa shape index (κ2) is 9.12. The van der Waals surface area contributed by atoms with Gasteiger partial charge in [-0.05, 0) is 106 Å². The number of rotatable bonds is 5. The Morgan fingerprint density at radius 2 is 1.69 bits per heavy atom.